The average Bonchev–Trinajstić information content (AvgIpc) is 2.26. The molecule has 12 heteroatoms. The van der Waals surface area contributed by atoms with E-state index in [2.05, 4.69) is 8.71 Å². The Kier molecular flexibility index (Phi) is 6.02. The van der Waals surface area contributed by atoms with Gasteiger partial charge in [-0.2, -0.15) is 21.6 Å². The van der Waals surface area contributed by atoms with Gasteiger partial charge in [0, 0.05) is 4.90 Å². The maximum atomic E-state index is 12.9. The molecule has 1 atom stereocenters. The van der Waals surface area contributed by atoms with Crippen molar-refractivity contribution in [2.24, 2.45) is 0 Å². The van der Waals surface area contributed by atoms with Gasteiger partial charge >= 0.3 is 5.51 Å². The Bertz CT molecular complexity index is 589. The van der Waals surface area contributed by atoms with Crippen molar-refractivity contribution < 1.29 is 39.3 Å². The summed E-state index contributed by atoms with van der Waals surface area (Å²) in [6, 6.07) is 1.74. The highest BCUT2D eigenvalue weighted by molar-refractivity contribution is 8.00. The minimum atomic E-state index is -4.80. The van der Waals surface area contributed by atoms with E-state index in [0.717, 1.165) is 0 Å². The van der Waals surface area contributed by atoms with E-state index in [0.29, 0.717) is 18.2 Å². The third-order valence-corrected chi connectivity index (χ3v) is 4.23. The maximum Gasteiger partial charge on any atom is 0.446 e. The Hall–Kier alpha value is -0.610. The number of rotatable bonds is 6. The topological polar surface area (TPSA) is 69.7 Å². The molecule has 0 fully saturated rings. The lowest BCUT2D eigenvalue weighted by Crippen LogP contribution is -2.10. The van der Waals surface area contributed by atoms with Crippen molar-refractivity contribution in [2.45, 2.75) is 15.3 Å². The van der Waals surface area contributed by atoms with Gasteiger partial charge in [0.2, 0.25) is 0 Å². The monoisotopic (exact) mass is 354 g/mol. The minimum absolute atomic E-state index is 0.425. The molecule has 0 aliphatic carbocycles. The van der Waals surface area contributed by atoms with Crippen molar-refractivity contribution in [1.82, 2.24) is 0 Å². The minimum Gasteiger partial charge on any atom is -0.304 e. The first-order valence-corrected chi connectivity index (χ1v) is 7.82. The zero-order valence-electron chi connectivity index (χ0n) is 9.39. The number of halogens is 4. The van der Waals surface area contributed by atoms with Gasteiger partial charge in [-0.3, -0.25) is 4.57 Å². The van der Waals surface area contributed by atoms with Gasteiger partial charge < -0.3 is 4.52 Å². The molecule has 0 saturated carbocycles. The molecule has 0 bridgehead atoms. The molecule has 1 aromatic rings. The van der Waals surface area contributed by atoms with Gasteiger partial charge in [0.1, 0.15) is 10.7 Å². The molecule has 0 aliphatic heterocycles. The maximum absolute atomic E-state index is 12.9. The van der Waals surface area contributed by atoms with Gasteiger partial charge in [-0.05, 0) is 30.0 Å². The van der Waals surface area contributed by atoms with Crippen LogP contribution >= 0.6 is 20.4 Å². The summed E-state index contributed by atoms with van der Waals surface area (Å²) in [5.74, 6) is -1.03. The number of hydrogen-bond acceptors (Lipinski definition) is 6. The van der Waals surface area contributed by atoms with E-state index in [-0.39, 0.29) is 0 Å². The molecule has 5 nitrogen and oxygen atoms in total. The molecule has 1 rings (SSSR count). The summed E-state index contributed by atoms with van der Waals surface area (Å²) in [6.45, 7) is -0.908. The van der Waals surface area contributed by atoms with Crippen LogP contribution in [0, 0.1) is 5.82 Å². The normalized spacial score (nSPS) is 13.2. The van der Waals surface area contributed by atoms with Crippen LogP contribution in [-0.2, 0) is 23.4 Å². The highest BCUT2D eigenvalue weighted by Gasteiger charge is 2.33. The molecule has 0 aliphatic rings. The van der Waals surface area contributed by atoms with Crippen molar-refractivity contribution in [1.29, 1.82) is 0 Å². The molecule has 1 unspecified atom stereocenters. The molecular weight excluding hydrogens is 347 g/mol. The number of hydrogen-bond donors (Lipinski definition) is 0. The highest BCUT2D eigenvalue weighted by Crippen LogP contribution is 2.40. The lowest BCUT2D eigenvalue weighted by Gasteiger charge is -2.11. The van der Waals surface area contributed by atoms with Crippen molar-refractivity contribution in [3.8, 4) is 0 Å². The quantitative estimate of drug-likeness (QED) is 0.195. The molecule has 0 aromatic heterocycles. The molecule has 20 heavy (non-hydrogen) atoms. The third-order valence-electron chi connectivity index (χ3n) is 1.74. The molecule has 1 aromatic carbocycles. The SMILES string of the molecule is O=[PH2]OCOS(=O)(=O)c1ccc(F)cc1SC(F)(F)F. The second kappa shape index (κ2) is 6.90. The van der Waals surface area contributed by atoms with Crippen molar-refractivity contribution in [3.63, 3.8) is 0 Å². The first-order chi connectivity index (χ1) is 9.15. The summed E-state index contributed by atoms with van der Waals surface area (Å²) in [5, 5.41) is 0. The molecule has 0 radical (unpaired) electrons. The van der Waals surface area contributed by atoms with Crippen molar-refractivity contribution in [3.05, 3.63) is 24.0 Å². The fraction of sp³-hybridized carbons (Fsp3) is 0.250. The first kappa shape index (κ1) is 17.4. The number of benzene rings is 1. The van der Waals surface area contributed by atoms with Crippen LogP contribution < -0.4 is 0 Å². The Morgan fingerprint density at radius 2 is 1.95 bits per heavy atom. The van der Waals surface area contributed by atoms with Gasteiger partial charge in [0.25, 0.3) is 10.1 Å². The van der Waals surface area contributed by atoms with Crippen LogP contribution in [0.5, 0.6) is 0 Å². The van der Waals surface area contributed by atoms with Gasteiger partial charge in [0.15, 0.2) is 15.5 Å². The smallest absolute Gasteiger partial charge is 0.304 e. The Morgan fingerprint density at radius 3 is 2.50 bits per heavy atom. The summed E-state index contributed by atoms with van der Waals surface area (Å²) in [4.78, 5) is -1.72. The van der Waals surface area contributed by atoms with Crippen LogP contribution in [0.4, 0.5) is 17.6 Å². The van der Waals surface area contributed by atoms with Gasteiger partial charge in [-0.25, -0.2) is 8.57 Å². The summed E-state index contributed by atoms with van der Waals surface area (Å²) in [5.41, 5.74) is -4.80. The highest BCUT2D eigenvalue weighted by atomic mass is 32.2. The summed E-state index contributed by atoms with van der Waals surface area (Å²) >= 11 is -0.789. The fourth-order valence-electron chi connectivity index (χ4n) is 1.08. The lowest BCUT2D eigenvalue weighted by molar-refractivity contribution is -0.0329. The summed E-state index contributed by atoms with van der Waals surface area (Å²) < 4.78 is 91.5. The van der Waals surface area contributed by atoms with E-state index in [4.69, 9.17) is 0 Å². The first-order valence-electron chi connectivity index (χ1n) is 4.66. The standard InChI is InChI=1S/C8H7F4O5PS2/c9-5-1-2-7(6(3-5)19-8(10,11)12)20(14,15)17-4-16-18-13/h1-3H,4,18H2. The van der Waals surface area contributed by atoms with Gasteiger partial charge in [-0.15, -0.1) is 0 Å². The number of thioether (sulfide) groups is 1. The van der Waals surface area contributed by atoms with Crippen molar-refractivity contribution >= 4 is 30.6 Å². The molecule has 0 saturated heterocycles. The number of alkyl halides is 3. The van der Waals surface area contributed by atoms with Gasteiger partial charge in [-0.1, -0.05) is 0 Å². The van der Waals surface area contributed by atoms with E-state index in [9.17, 15) is 30.5 Å². The zero-order valence-corrected chi connectivity index (χ0v) is 12.2. The molecule has 0 N–H and O–H groups in total. The Morgan fingerprint density at radius 1 is 1.30 bits per heavy atom. The molecule has 114 valence electrons. The van der Waals surface area contributed by atoms with Crippen LogP contribution in [0.1, 0.15) is 0 Å². The van der Waals surface area contributed by atoms with Crippen LogP contribution in [0.25, 0.3) is 0 Å². The second-order valence-corrected chi connectivity index (χ2v) is 6.31. The lowest BCUT2D eigenvalue weighted by atomic mass is 10.3. The van der Waals surface area contributed by atoms with Crippen LogP contribution in [0.3, 0.4) is 0 Å². The van der Waals surface area contributed by atoms with Crippen LogP contribution in [-0.4, -0.2) is 20.7 Å². The molecule has 0 amide bonds. The Balaban J connectivity index is 3.13. The van der Waals surface area contributed by atoms with E-state index in [1.54, 1.807) is 0 Å². The van der Waals surface area contributed by atoms with Crippen molar-refractivity contribution in [2.75, 3.05) is 6.79 Å². The van der Waals surface area contributed by atoms with E-state index in [1.807, 2.05) is 0 Å². The van der Waals surface area contributed by atoms with E-state index < -0.39 is 58.5 Å². The fourth-order valence-corrected chi connectivity index (χ4v) is 3.17. The summed E-state index contributed by atoms with van der Waals surface area (Å²) in [6.07, 6.45) is 0. The Labute approximate surface area is 116 Å². The van der Waals surface area contributed by atoms with E-state index in [1.165, 1.54) is 0 Å². The predicted molar refractivity (Wildman–Crippen MR) is 62.9 cm³/mol. The average molecular weight is 354 g/mol. The molecule has 0 heterocycles. The molecular formula is C8H7F4O5PS2. The zero-order chi connectivity index (χ0) is 15.4. The van der Waals surface area contributed by atoms with Crippen LogP contribution in [0.2, 0.25) is 0 Å². The molecule has 0 spiro atoms. The second-order valence-electron chi connectivity index (χ2n) is 3.09. The van der Waals surface area contributed by atoms with Gasteiger partial charge in [0.05, 0.1) is 0 Å². The van der Waals surface area contributed by atoms with Crippen LogP contribution in [0.15, 0.2) is 28.0 Å². The van der Waals surface area contributed by atoms with E-state index >= 15 is 0 Å². The third kappa shape index (κ3) is 5.41. The summed E-state index contributed by atoms with van der Waals surface area (Å²) in [7, 11) is -6.32. The predicted octanol–water partition coefficient (Wildman–Crippen LogP) is 2.79. The largest absolute Gasteiger partial charge is 0.446 e.